The molecule has 0 aromatic rings. The highest BCUT2D eigenvalue weighted by Crippen LogP contribution is 2.14. The first-order valence-electron chi connectivity index (χ1n) is 5.37. The highest BCUT2D eigenvalue weighted by molar-refractivity contribution is 6.18. The van der Waals surface area contributed by atoms with Gasteiger partial charge in [0.15, 0.2) is 0 Å². The number of hydrogen-bond acceptors (Lipinski definition) is 3. The van der Waals surface area contributed by atoms with Crippen LogP contribution in [-0.2, 0) is 14.3 Å². The number of hydrogen-bond donors (Lipinski definition) is 1. The summed E-state index contributed by atoms with van der Waals surface area (Å²) in [5.41, 5.74) is 0. The number of amides is 1. The fourth-order valence-electron chi connectivity index (χ4n) is 1.10. The van der Waals surface area contributed by atoms with Crippen molar-refractivity contribution in [3.63, 3.8) is 0 Å². The number of ether oxygens (including phenoxy) is 2. The highest BCUT2D eigenvalue weighted by atomic mass is 35.5. The van der Waals surface area contributed by atoms with Crippen LogP contribution in [0.25, 0.3) is 0 Å². The summed E-state index contributed by atoms with van der Waals surface area (Å²) in [5, 5.41) is 2.59. The molecule has 0 saturated carbocycles. The van der Waals surface area contributed by atoms with Crippen molar-refractivity contribution >= 4 is 17.5 Å². The summed E-state index contributed by atoms with van der Waals surface area (Å²) in [5.74, 6) is -0.169. The number of rotatable bonds is 9. The van der Waals surface area contributed by atoms with E-state index in [1.54, 1.807) is 0 Å². The summed E-state index contributed by atoms with van der Waals surface area (Å²) < 4.78 is 44.3. The molecular formula is C10H17ClF3NO3. The minimum atomic E-state index is -4.37. The van der Waals surface area contributed by atoms with Gasteiger partial charge in [0.1, 0.15) is 6.61 Å². The molecule has 8 heteroatoms. The lowest BCUT2D eigenvalue weighted by Crippen LogP contribution is -2.37. The zero-order valence-electron chi connectivity index (χ0n) is 10.1. The van der Waals surface area contributed by atoms with Crippen LogP contribution in [0.3, 0.4) is 0 Å². The minimum Gasteiger partial charge on any atom is -0.385 e. The van der Waals surface area contributed by atoms with Crippen molar-refractivity contribution < 1.29 is 27.4 Å². The van der Waals surface area contributed by atoms with Gasteiger partial charge in [-0.2, -0.15) is 13.2 Å². The van der Waals surface area contributed by atoms with E-state index in [9.17, 15) is 18.0 Å². The van der Waals surface area contributed by atoms with Gasteiger partial charge in [0, 0.05) is 32.1 Å². The fourth-order valence-corrected chi connectivity index (χ4v) is 1.33. The second-order valence-electron chi connectivity index (χ2n) is 3.62. The summed E-state index contributed by atoms with van der Waals surface area (Å²) >= 11 is 5.62. The van der Waals surface area contributed by atoms with Crippen LogP contribution in [0.1, 0.15) is 12.8 Å². The Morgan fingerprint density at radius 1 is 1.39 bits per heavy atom. The Bertz CT molecular complexity index is 239. The summed E-state index contributed by atoms with van der Waals surface area (Å²) in [4.78, 5) is 11.3. The second kappa shape index (κ2) is 9.41. The van der Waals surface area contributed by atoms with E-state index >= 15 is 0 Å². The van der Waals surface area contributed by atoms with Crippen LogP contribution in [-0.4, -0.2) is 50.9 Å². The fraction of sp³-hybridized carbons (Fsp3) is 0.900. The van der Waals surface area contributed by atoms with Crippen molar-refractivity contribution in [2.75, 3.05) is 32.8 Å². The van der Waals surface area contributed by atoms with Crippen molar-refractivity contribution in [2.24, 2.45) is 0 Å². The predicted molar refractivity (Wildman–Crippen MR) is 60.6 cm³/mol. The van der Waals surface area contributed by atoms with Gasteiger partial charge in [-0.15, -0.1) is 11.6 Å². The third-order valence-corrected chi connectivity index (χ3v) is 2.33. The molecule has 0 aliphatic rings. The Balaban J connectivity index is 3.68. The zero-order valence-corrected chi connectivity index (χ0v) is 10.8. The number of alkyl halides is 4. The largest absolute Gasteiger partial charge is 0.411 e. The number of nitrogens with one attached hydrogen (secondary N) is 1. The maximum atomic E-state index is 11.7. The van der Waals surface area contributed by atoms with Crippen LogP contribution in [0.5, 0.6) is 0 Å². The molecule has 0 saturated heterocycles. The van der Waals surface area contributed by atoms with E-state index in [2.05, 4.69) is 10.1 Å². The molecule has 1 atom stereocenters. The average Bonchev–Trinajstić information content (AvgIpc) is 2.29. The van der Waals surface area contributed by atoms with Gasteiger partial charge in [-0.1, -0.05) is 0 Å². The molecule has 0 radical (unpaired) electrons. The molecular weight excluding hydrogens is 275 g/mol. The quantitative estimate of drug-likeness (QED) is 0.520. The molecule has 0 aliphatic heterocycles. The molecule has 1 N–H and O–H groups in total. The van der Waals surface area contributed by atoms with Crippen molar-refractivity contribution in [1.82, 2.24) is 5.32 Å². The number of methoxy groups -OCH3 is 1. The second-order valence-corrected chi connectivity index (χ2v) is 3.93. The monoisotopic (exact) mass is 291 g/mol. The molecule has 1 unspecified atom stereocenters. The first-order valence-corrected chi connectivity index (χ1v) is 5.91. The first kappa shape index (κ1) is 17.5. The first-order chi connectivity index (χ1) is 8.39. The topological polar surface area (TPSA) is 47.6 Å². The highest BCUT2D eigenvalue weighted by Gasteiger charge is 2.27. The van der Waals surface area contributed by atoms with E-state index in [0.29, 0.717) is 13.0 Å². The number of carbonyl (C=O) groups excluding carboxylic acids is 1. The van der Waals surface area contributed by atoms with E-state index in [4.69, 9.17) is 16.3 Å². The smallest absolute Gasteiger partial charge is 0.385 e. The molecule has 1 amide bonds. The Morgan fingerprint density at radius 2 is 2.06 bits per heavy atom. The Hall–Kier alpha value is -0.530. The molecule has 4 nitrogen and oxygen atoms in total. The van der Waals surface area contributed by atoms with Gasteiger partial charge in [0.05, 0.1) is 6.61 Å². The van der Waals surface area contributed by atoms with Crippen LogP contribution in [0.15, 0.2) is 0 Å². The third-order valence-electron chi connectivity index (χ3n) is 1.96. The van der Waals surface area contributed by atoms with Gasteiger partial charge in [0.25, 0.3) is 0 Å². The van der Waals surface area contributed by atoms with Gasteiger partial charge >= 0.3 is 6.18 Å². The van der Waals surface area contributed by atoms with Crippen LogP contribution in [0, 0.1) is 0 Å². The lowest BCUT2D eigenvalue weighted by molar-refractivity contribution is -0.174. The molecule has 0 aromatic carbocycles. The van der Waals surface area contributed by atoms with E-state index in [1.165, 1.54) is 7.11 Å². The average molecular weight is 292 g/mol. The zero-order chi connectivity index (χ0) is 14.0. The van der Waals surface area contributed by atoms with Gasteiger partial charge in [0.2, 0.25) is 5.91 Å². The Kier molecular flexibility index (Phi) is 9.13. The van der Waals surface area contributed by atoms with Crippen molar-refractivity contribution in [3.05, 3.63) is 0 Å². The normalized spacial score (nSPS) is 13.4. The van der Waals surface area contributed by atoms with Gasteiger partial charge < -0.3 is 14.8 Å². The van der Waals surface area contributed by atoms with Gasteiger partial charge in [-0.3, -0.25) is 4.79 Å². The molecule has 0 spiro atoms. The maximum Gasteiger partial charge on any atom is 0.411 e. The molecule has 0 heterocycles. The minimum absolute atomic E-state index is 0.129. The van der Waals surface area contributed by atoms with Crippen molar-refractivity contribution in [3.8, 4) is 0 Å². The van der Waals surface area contributed by atoms with E-state index in [0.717, 1.165) is 0 Å². The summed E-state index contributed by atoms with van der Waals surface area (Å²) in [6.07, 6.45) is -3.95. The van der Waals surface area contributed by atoms with E-state index < -0.39 is 12.8 Å². The molecule has 18 heavy (non-hydrogen) atoms. The maximum absolute atomic E-state index is 11.7. The molecule has 0 aliphatic carbocycles. The number of halogens is 4. The SMILES string of the molecule is COCCC(CCl)NC(=O)CCOCC(F)(F)F. The van der Waals surface area contributed by atoms with Gasteiger partial charge in [-0.05, 0) is 6.42 Å². The van der Waals surface area contributed by atoms with Gasteiger partial charge in [-0.25, -0.2) is 0 Å². The summed E-state index contributed by atoms with van der Waals surface area (Å²) in [7, 11) is 1.53. The Morgan fingerprint density at radius 3 is 2.56 bits per heavy atom. The molecule has 0 fully saturated rings. The van der Waals surface area contributed by atoms with Crippen LogP contribution in [0.4, 0.5) is 13.2 Å². The van der Waals surface area contributed by atoms with Crippen LogP contribution < -0.4 is 5.32 Å². The van der Waals surface area contributed by atoms with Crippen LogP contribution >= 0.6 is 11.6 Å². The lowest BCUT2D eigenvalue weighted by atomic mass is 10.2. The van der Waals surface area contributed by atoms with Crippen LogP contribution in [0.2, 0.25) is 0 Å². The molecule has 0 bridgehead atoms. The Labute approximate surface area is 109 Å². The molecule has 0 aromatic heterocycles. The molecule has 0 rings (SSSR count). The molecule has 108 valence electrons. The van der Waals surface area contributed by atoms with Crippen molar-refractivity contribution in [2.45, 2.75) is 25.1 Å². The third kappa shape index (κ3) is 10.6. The standard InChI is InChI=1S/C10H17ClF3NO3/c1-17-4-2-8(6-11)15-9(16)3-5-18-7-10(12,13)14/h8H,2-7H2,1H3,(H,15,16). The lowest BCUT2D eigenvalue weighted by Gasteiger charge is -2.15. The predicted octanol–water partition coefficient (Wildman–Crippen LogP) is 1.72. The van der Waals surface area contributed by atoms with E-state index in [-0.39, 0.29) is 30.9 Å². The van der Waals surface area contributed by atoms with E-state index in [1.807, 2.05) is 0 Å². The number of carbonyl (C=O) groups is 1. The van der Waals surface area contributed by atoms with Crippen molar-refractivity contribution in [1.29, 1.82) is 0 Å². The summed E-state index contributed by atoms with van der Waals surface area (Å²) in [6.45, 7) is -1.17. The summed E-state index contributed by atoms with van der Waals surface area (Å²) in [6, 6.07) is -0.248.